The zero-order chi connectivity index (χ0) is 22.6. The highest BCUT2D eigenvalue weighted by atomic mass is 32.2. The quantitative estimate of drug-likeness (QED) is 0.638. The van der Waals surface area contributed by atoms with Crippen LogP contribution in [-0.2, 0) is 16.4 Å². The molecule has 4 rings (SSSR count). The fourth-order valence-corrected chi connectivity index (χ4v) is 6.21. The molecule has 1 aromatic carbocycles. The Kier molecular flexibility index (Phi) is 5.51. The van der Waals surface area contributed by atoms with E-state index < -0.39 is 39.2 Å². The predicted octanol–water partition coefficient (Wildman–Crippen LogP) is 3.63. The van der Waals surface area contributed by atoms with Crippen molar-refractivity contribution in [3.05, 3.63) is 29.6 Å². The second-order valence-electron chi connectivity index (χ2n) is 8.61. The Morgan fingerprint density at radius 2 is 1.87 bits per heavy atom. The number of hydrogen-bond acceptors (Lipinski definition) is 5. The predicted molar refractivity (Wildman–Crippen MR) is 108 cm³/mol. The summed E-state index contributed by atoms with van der Waals surface area (Å²) in [6.45, 7) is -0.118. The van der Waals surface area contributed by atoms with Crippen LogP contribution in [0.1, 0.15) is 37.4 Å². The van der Waals surface area contributed by atoms with E-state index in [1.54, 1.807) is 0 Å². The Morgan fingerprint density at radius 3 is 2.39 bits per heavy atom. The van der Waals surface area contributed by atoms with Gasteiger partial charge in [0.15, 0.2) is 15.7 Å². The van der Waals surface area contributed by atoms with Crippen LogP contribution in [0.25, 0.3) is 11.4 Å². The van der Waals surface area contributed by atoms with Crippen molar-refractivity contribution in [3.8, 4) is 11.4 Å². The molecule has 2 aromatic rings. The van der Waals surface area contributed by atoms with E-state index in [1.165, 1.54) is 23.7 Å². The number of benzene rings is 1. The topological polar surface area (TPSA) is 68.1 Å². The summed E-state index contributed by atoms with van der Waals surface area (Å²) in [5.74, 6) is -5.77. The van der Waals surface area contributed by atoms with E-state index in [4.69, 9.17) is 0 Å². The van der Waals surface area contributed by atoms with Gasteiger partial charge in [0.2, 0.25) is 0 Å². The highest BCUT2D eigenvalue weighted by Gasteiger charge is 2.44. The summed E-state index contributed by atoms with van der Waals surface area (Å²) in [4.78, 5) is 5.67. The van der Waals surface area contributed by atoms with E-state index >= 15 is 0 Å². The second-order valence-corrected chi connectivity index (χ2v) is 10.8. The van der Waals surface area contributed by atoms with Crippen LogP contribution in [0.15, 0.2) is 12.1 Å². The molecule has 31 heavy (non-hydrogen) atoms. The Bertz CT molecular complexity index is 1080. The van der Waals surface area contributed by atoms with Gasteiger partial charge in [0, 0.05) is 37.9 Å². The molecule has 0 bridgehead atoms. The normalized spacial score (nSPS) is 24.6. The van der Waals surface area contributed by atoms with Crippen LogP contribution in [0.2, 0.25) is 0 Å². The lowest BCUT2D eigenvalue weighted by atomic mass is 10.0. The van der Waals surface area contributed by atoms with Crippen LogP contribution in [-0.4, -0.2) is 54.7 Å². The van der Waals surface area contributed by atoms with Gasteiger partial charge in [-0.2, -0.15) is 5.10 Å². The minimum Gasteiger partial charge on any atom is -0.373 e. The van der Waals surface area contributed by atoms with Crippen LogP contribution < -0.4 is 4.90 Å². The maximum atomic E-state index is 14.5. The lowest BCUT2D eigenvalue weighted by molar-refractivity contribution is -0.0436. The van der Waals surface area contributed by atoms with E-state index in [0.717, 1.165) is 12.1 Å². The molecule has 2 aliphatic rings. The van der Waals surface area contributed by atoms with Crippen molar-refractivity contribution in [2.24, 2.45) is 5.92 Å². The first-order valence-electron chi connectivity index (χ1n) is 10.2. The Labute approximate surface area is 178 Å². The molecule has 2 atom stereocenters. The first-order chi connectivity index (χ1) is 14.5. The molecule has 1 saturated carbocycles. The molecule has 0 radical (unpaired) electrons. The maximum Gasteiger partial charge on any atom is 0.252 e. The van der Waals surface area contributed by atoms with Crippen molar-refractivity contribution in [1.29, 1.82) is 0 Å². The number of rotatable bonds is 5. The van der Waals surface area contributed by atoms with E-state index in [1.807, 2.05) is 0 Å². The number of nitrogens with zero attached hydrogens (tertiary/aromatic N) is 4. The number of sulfone groups is 1. The Hall–Kier alpha value is -2.17. The number of halogens is 4. The second kappa shape index (κ2) is 7.75. The molecule has 0 N–H and O–H groups in total. The maximum absolute atomic E-state index is 14.5. The lowest BCUT2D eigenvalue weighted by Gasteiger charge is -2.20. The van der Waals surface area contributed by atoms with Gasteiger partial charge in [-0.25, -0.2) is 35.6 Å². The largest absolute Gasteiger partial charge is 0.373 e. The smallest absolute Gasteiger partial charge is 0.252 e. The van der Waals surface area contributed by atoms with Gasteiger partial charge in [0.05, 0.1) is 18.1 Å². The van der Waals surface area contributed by atoms with Crippen molar-refractivity contribution in [1.82, 2.24) is 14.8 Å². The number of alkyl halides is 2. The summed E-state index contributed by atoms with van der Waals surface area (Å²) in [5.41, 5.74) is -0.143. The molecule has 2 unspecified atom stereocenters. The third-order valence-electron chi connectivity index (χ3n) is 6.07. The fraction of sp³-hybridized carbons (Fsp3) is 0.600. The van der Waals surface area contributed by atoms with Gasteiger partial charge in [-0.1, -0.05) is 0 Å². The van der Waals surface area contributed by atoms with Crippen LogP contribution in [0.5, 0.6) is 0 Å². The molecular formula is C20H24F4N4O2S. The summed E-state index contributed by atoms with van der Waals surface area (Å²) < 4.78 is 82.6. The number of anilines is 1. The third kappa shape index (κ3) is 4.28. The van der Waals surface area contributed by atoms with Crippen LogP contribution in [0.4, 0.5) is 23.2 Å². The first-order valence-corrected chi connectivity index (χ1v) is 12.0. The van der Waals surface area contributed by atoms with E-state index in [0.29, 0.717) is 19.3 Å². The SMILES string of the molecule is CN(C)c1c(F)cc(-c2nc(C3CCS(=O)(=O)C3)n(CC3CCCC3(F)F)n2)cc1F. The number of hydrogen-bond donors (Lipinski definition) is 0. The standard InChI is InChI=1S/C20H24F4N4O2S/c1-27(2)17-15(21)8-13(9-16(17)22)18-25-19(12-5-7-31(29,30)11-12)28(26-18)10-14-4-3-6-20(14,23)24/h8-9,12,14H,3-7,10-11H2,1-2H3. The fourth-order valence-electron chi connectivity index (χ4n) is 4.47. The average Bonchev–Trinajstić information content (AvgIpc) is 3.31. The van der Waals surface area contributed by atoms with Crippen LogP contribution >= 0.6 is 0 Å². The van der Waals surface area contributed by atoms with E-state index in [-0.39, 0.29) is 47.4 Å². The Morgan fingerprint density at radius 1 is 1.19 bits per heavy atom. The first kappa shape index (κ1) is 22.0. The summed E-state index contributed by atoms with van der Waals surface area (Å²) >= 11 is 0. The molecule has 2 fully saturated rings. The minimum absolute atomic E-state index is 0.0104. The van der Waals surface area contributed by atoms with Gasteiger partial charge in [-0.3, -0.25) is 0 Å². The highest BCUT2D eigenvalue weighted by Crippen LogP contribution is 2.42. The third-order valence-corrected chi connectivity index (χ3v) is 7.84. The van der Waals surface area contributed by atoms with Gasteiger partial charge in [-0.15, -0.1) is 0 Å². The summed E-state index contributed by atoms with van der Waals surface area (Å²) in [5, 5.41) is 4.29. The molecule has 1 saturated heterocycles. The Balaban J connectivity index is 1.75. The van der Waals surface area contributed by atoms with Gasteiger partial charge >= 0.3 is 0 Å². The molecule has 6 nitrogen and oxygen atoms in total. The minimum atomic E-state index is -3.25. The number of aromatic nitrogens is 3. The lowest BCUT2D eigenvalue weighted by Crippen LogP contribution is -2.27. The molecular weight excluding hydrogens is 436 g/mol. The van der Waals surface area contributed by atoms with Crippen LogP contribution in [0.3, 0.4) is 0 Å². The molecule has 1 aromatic heterocycles. The van der Waals surface area contributed by atoms with Gasteiger partial charge in [-0.05, 0) is 31.4 Å². The molecule has 170 valence electrons. The van der Waals surface area contributed by atoms with Gasteiger partial charge in [0.1, 0.15) is 23.1 Å². The zero-order valence-corrected chi connectivity index (χ0v) is 18.1. The van der Waals surface area contributed by atoms with E-state index in [2.05, 4.69) is 10.1 Å². The van der Waals surface area contributed by atoms with Crippen molar-refractivity contribution in [3.63, 3.8) is 0 Å². The van der Waals surface area contributed by atoms with Crippen molar-refractivity contribution in [2.75, 3.05) is 30.5 Å². The van der Waals surface area contributed by atoms with Crippen molar-refractivity contribution in [2.45, 2.75) is 44.1 Å². The molecule has 11 heteroatoms. The summed E-state index contributed by atoms with van der Waals surface area (Å²) in [6.07, 6.45) is 0.832. The van der Waals surface area contributed by atoms with Gasteiger partial charge < -0.3 is 4.90 Å². The average molecular weight is 460 g/mol. The summed E-state index contributed by atoms with van der Waals surface area (Å²) in [6, 6.07) is 2.19. The van der Waals surface area contributed by atoms with Gasteiger partial charge in [0.25, 0.3) is 5.92 Å². The van der Waals surface area contributed by atoms with E-state index in [9.17, 15) is 26.0 Å². The zero-order valence-electron chi connectivity index (χ0n) is 17.3. The van der Waals surface area contributed by atoms with Crippen molar-refractivity contribution < 1.29 is 26.0 Å². The molecule has 2 heterocycles. The monoisotopic (exact) mass is 460 g/mol. The molecule has 0 spiro atoms. The summed E-state index contributed by atoms with van der Waals surface area (Å²) in [7, 11) is -0.232. The van der Waals surface area contributed by atoms with Crippen molar-refractivity contribution >= 4 is 15.5 Å². The molecule has 0 amide bonds. The molecule has 1 aliphatic heterocycles. The highest BCUT2D eigenvalue weighted by molar-refractivity contribution is 7.91. The molecule has 1 aliphatic carbocycles. The van der Waals surface area contributed by atoms with Crippen LogP contribution in [0, 0.1) is 17.6 Å².